The highest BCUT2D eigenvalue weighted by Gasteiger charge is 2.29. The molecule has 1 fully saturated rings. The maximum atomic E-state index is 11.9. The number of amides is 2. The molecule has 0 spiro atoms. The first-order valence-corrected chi connectivity index (χ1v) is 6.11. The Balaban J connectivity index is 2.27. The third-order valence-corrected chi connectivity index (χ3v) is 3.17. The molecule has 4 nitrogen and oxygen atoms in total. The predicted octanol–water partition coefficient (Wildman–Crippen LogP) is 1.37. The standard InChI is InChI=1S/C15H16N2O2/c1-4-11-8-14(18)17(10-11)13-7-5-6-12(9-13)15(19)16(2)3/h1,5-7,9,11H,8,10H2,2-3H3. The second-order valence-electron chi connectivity index (χ2n) is 4.82. The summed E-state index contributed by atoms with van der Waals surface area (Å²) in [5.41, 5.74) is 1.30. The van der Waals surface area contributed by atoms with E-state index in [1.54, 1.807) is 37.2 Å². The minimum Gasteiger partial charge on any atom is -0.345 e. The molecule has 19 heavy (non-hydrogen) atoms. The van der Waals surface area contributed by atoms with Crippen LogP contribution in [0.4, 0.5) is 5.69 Å². The molecule has 1 unspecified atom stereocenters. The summed E-state index contributed by atoms with van der Waals surface area (Å²) in [6.07, 6.45) is 5.74. The van der Waals surface area contributed by atoms with Gasteiger partial charge in [-0.1, -0.05) is 6.07 Å². The van der Waals surface area contributed by atoms with E-state index in [1.165, 1.54) is 4.90 Å². The van der Waals surface area contributed by atoms with E-state index < -0.39 is 0 Å². The summed E-state index contributed by atoms with van der Waals surface area (Å²) in [5.74, 6) is 2.50. The summed E-state index contributed by atoms with van der Waals surface area (Å²) in [6.45, 7) is 0.523. The Bertz CT molecular complexity index is 558. The van der Waals surface area contributed by atoms with Crippen LogP contribution in [-0.2, 0) is 4.79 Å². The van der Waals surface area contributed by atoms with Crippen LogP contribution in [0, 0.1) is 18.3 Å². The van der Waals surface area contributed by atoms with E-state index in [2.05, 4.69) is 5.92 Å². The van der Waals surface area contributed by atoms with Gasteiger partial charge >= 0.3 is 0 Å². The van der Waals surface area contributed by atoms with Crippen LogP contribution in [0.1, 0.15) is 16.8 Å². The molecule has 1 atom stereocenters. The zero-order chi connectivity index (χ0) is 14.0. The lowest BCUT2D eigenvalue weighted by molar-refractivity contribution is -0.117. The van der Waals surface area contributed by atoms with Crippen molar-refractivity contribution in [3.8, 4) is 12.3 Å². The third kappa shape index (κ3) is 2.60. The van der Waals surface area contributed by atoms with Gasteiger partial charge in [0, 0.05) is 44.2 Å². The van der Waals surface area contributed by atoms with Crippen LogP contribution in [0.15, 0.2) is 24.3 Å². The summed E-state index contributed by atoms with van der Waals surface area (Å²) in [7, 11) is 3.40. The number of nitrogens with zero attached hydrogens (tertiary/aromatic N) is 2. The molecule has 0 aromatic heterocycles. The van der Waals surface area contributed by atoms with Crippen molar-refractivity contribution in [1.82, 2.24) is 4.90 Å². The number of carbonyl (C=O) groups is 2. The van der Waals surface area contributed by atoms with Gasteiger partial charge in [0.1, 0.15) is 0 Å². The number of benzene rings is 1. The lowest BCUT2D eigenvalue weighted by Crippen LogP contribution is -2.26. The van der Waals surface area contributed by atoms with Gasteiger partial charge in [-0.2, -0.15) is 0 Å². The smallest absolute Gasteiger partial charge is 0.253 e. The minimum atomic E-state index is -0.0815. The molecule has 2 amide bonds. The molecule has 0 radical (unpaired) electrons. The summed E-state index contributed by atoms with van der Waals surface area (Å²) < 4.78 is 0. The van der Waals surface area contributed by atoms with E-state index >= 15 is 0 Å². The summed E-state index contributed by atoms with van der Waals surface area (Å²) in [5, 5.41) is 0. The molecular formula is C15H16N2O2. The molecule has 1 aliphatic rings. The molecule has 1 heterocycles. The molecule has 4 heteroatoms. The molecule has 98 valence electrons. The normalized spacial score (nSPS) is 18.3. The maximum Gasteiger partial charge on any atom is 0.253 e. The van der Waals surface area contributed by atoms with Gasteiger partial charge in [-0.25, -0.2) is 0 Å². The first-order chi connectivity index (χ1) is 9.02. The summed E-state index contributed by atoms with van der Waals surface area (Å²) in [4.78, 5) is 27.0. The van der Waals surface area contributed by atoms with Gasteiger partial charge < -0.3 is 9.80 Å². The van der Waals surface area contributed by atoms with E-state index in [4.69, 9.17) is 6.42 Å². The van der Waals surface area contributed by atoms with E-state index in [-0.39, 0.29) is 17.7 Å². The first-order valence-electron chi connectivity index (χ1n) is 6.11. The second kappa shape index (κ2) is 5.15. The lowest BCUT2D eigenvalue weighted by atomic mass is 10.1. The highest BCUT2D eigenvalue weighted by atomic mass is 16.2. The van der Waals surface area contributed by atoms with Crippen LogP contribution in [0.3, 0.4) is 0 Å². The number of hydrogen-bond acceptors (Lipinski definition) is 2. The fourth-order valence-corrected chi connectivity index (χ4v) is 2.13. The largest absolute Gasteiger partial charge is 0.345 e. The minimum absolute atomic E-state index is 0.0115. The summed E-state index contributed by atoms with van der Waals surface area (Å²) in [6, 6.07) is 7.08. The van der Waals surface area contributed by atoms with Gasteiger partial charge in [0.25, 0.3) is 5.91 Å². The monoisotopic (exact) mass is 256 g/mol. The molecule has 1 saturated heterocycles. The first kappa shape index (κ1) is 13.2. The molecular weight excluding hydrogens is 240 g/mol. The van der Waals surface area contributed by atoms with E-state index in [9.17, 15) is 9.59 Å². The van der Waals surface area contributed by atoms with Crippen LogP contribution >= 0.6 is 0 Å². The Morgan fingerprint density at radius 1 is 1.47 bits per heavy atom. The van der Waals surface area contributed by atoms with Crippen LogP contribution in [0.5, 0.6) is 0 Å². The molecule has 1 aromatic rings. The van der Waals surface area contributed by atoms with Crippen LogP contribution < -0.4 is 4.90 Å². The van der Waals surface area contributed by atoms with Crippen LogP contribution in [0.2, 0.25) is 0 Å². The van der Waals surface area contributed by atoms with Crippen molar-refractivity contribution in [3.63, 3.8) is 0 Å². The fraction of sp³-hybridized carbons (Fsp3) is 0.333. The molecule has 0 saturated carbocycles. The number of rotatable bonds is 2. The molecule has 0 N–H and O–H groups in total. The topological polar surface area (TPSA) is 40.6 Å². The third-order valence-electron chi connectivity index (χ3n) is 3.17. The molecule has 1 aromatic carbocycles. The maximum absolute atomic E-state index is 11.9. The van der Waals surface area contributed by atoms with Crippen molar-refractivity contribution in [1.29, 1.82) is 0 Å². The highest BCUT2D eigenvalue weighted by molar-refractivity contribution is 5.99. The fourth-order valence-electron chi connectivity index (χ4n) is 2.13. The Kier molecular flexibility index (Phi) is 3.57. The van der Waals surface area contributed by atoms with E-state index in [0.717, 1.165) is 5.69 Å². The molecule has 0 bridgehead atoms. The number of anilines is 1. The van der Waals surface area contributed by atoms with Gasteiger partial charge in [0.2, 0.25) is 5.91 Å². The second-order valence-corrected chi connectivity index (χ2v) is 4.82. The van der Waals surface area contributed by atoms with Crippen molar-refractivity contribution >= 4 is 17.5 Å². The zero-order valence-corrected chi connectivity index (χ0v) is 11.1. The molecule has 0 aliphatic carbocycles. The van der Waals surface area contributed by atoms with Crippen molar-refractivity contribution in [2.45, 2.75) is 6.42 Å². The van der Waals surface area contributed by atoms with Crippen molar-refractivity contribution in [2.24, 2.45) is 5.92 Å². The SMILES string of the molecule is C#CC1CC(=O)N(c2cccc(C(=O)N(C)C)c2)C1. The van der Waals surface area contributed by atoms with Crippen molar-refractivity contribution in [3.05, 3.63) is 29.8 Å². The Labute approximate surface area is 113 Å². The predicted molar refractivity (Wildman–Crippen MR) is 73.8 cm³/mol. The average molecular weight is 256 g/mol. The summed E-state index contributed by atoms with van der Waals surface area (Å²) >= 11 is 0. The highest BCUT2D eigenvalue weighted by Crippen LogP contribution is 2.25. The van der Waals surface area contributed by atoms with Gasteiger partial charge in [-0.05, 0) is 18.2 Å². The average Bonchev–Trinajstić information content (AvgIpc) is 2.79. The van der Waals surface area contributed by atoms with Crippen molar-refractivity contribution in [2.75, 3.05) is 25.5 Å². The zero-order valence-electron chi connectivity index (χ0n) is 11.1. The molecule has 1 aliphatic heterocycles. The van der Waals surface area contributed by atoms with Gasteiger partial charge in [0.05, 0.1) is 0 Å². The Hall–Kier alpha value is -2.28. The number of carbonyl (C=O) groups excluding carboxylic acids is 2. The quantitative estimate of drug-likeness (QED) is 0.750. The van der Waals surface area contributed by atoms with Crippen molar-refractivity contribution < 1.29 is 9.59 Å². The number of terminal acetylenes is 1. The van der Waals surface area contributed by atoms with Crippen LogP contribution in [-0.4, -0.2) is 37.4 Å². The number of hydrogen-bond donors (Lipinski definition) is 0. The van der Waals surface area contributed by atoms with E-state index in [1.807, 2.05) is 6.07 Å². The van der Waals surface area contributed by atoms with Gasteiger partial charge in [0.15, 0.2) is 0 Å². The van der Waals surface area contributed by atoms with Gasteiger partial charge in [-0.15, -0.1) is 12.3 Å². The molecule has 2 rings (SSSR count). The van der Waals surface area contributed by atoms with Crippen LogP contribution in [0.25, 0.3) is 0 Å². The Morgan fingerprint density at radius 2 is 2.21 bits per heavy atom. The van der Waals surface area contributed by atoms with Gasteiger partial charge in [-0.3, -0.25) is 9.59 Å². The van der Waals surface area contributed by atoms with E-state index in [0.29, 0.717) is 18.5 Å². The Morgan fingerprint density at radius 3 is 2.79 bits per heavy atom. The lowest BCUT2D eigenvalue weighted by Gasteiger charge is -2.17.